The van der Waals surface area contributed by atoms with E-state index >= 15 is 0 Å². The van der Waals surface area contributed by atoms with Crippen LogP contribution in [-0.2, 0) is 0 Å². The zero-order valence-corrected chi connectivity index (χ0v) is 9.41. The number of methoxy groups -OCH3 is 2. The summed E-state index contributed by atoms with van der Waals surface area (Å²) in [6.07, 6.45) is 4.94. The van der Waals surface area contributed by atoms with Crippen LogP contribution in [0.2, 0.25) is 0 Å². The van der Waals surface area contributed by atoms with Gasteiger partial charge in [0.05, 0.1) is 19.9 Å². The monoisotopic (exact) mass is 207 g/mol. The van der Waals surface area contributed by atoms with Crippen molar-refractivity contribution >= 4 is 5.69 Å². The van der Waals surface area contributed by atoms with E-state index < -0.39 is 0 Å². The number of allylic oxidation sites excluding steroid dienone is 1. The van der Waals surface area contributed by atoms with Crippen LogP contribution in [0.3, 0.4) is 0 Å². The smallest absolute Gasteiger partial charge is 0.142 e. The Kier molecular flexibility index (Phi) is 4.54. The van der Waals surface area contributed by atoms with Crippen molar-refractivity contribution in [3.05, 3.63) is 30.5 Å². The highest BCUT2D eigenvalue weighted by Gasteiger charge is 2.02. The van der Waals surface area contributed by atoms with E-state index in [0.717, 1.165) is 23.6 Å². The topological polar surface area (TPSA) is 30.5 Å². The molecule has 0 aliphatic heterocycles. The lowest BCUT2D eigenvalue weighted by atomic mass is 10.2. The normalized spacial score (nSPS) is 10.3. The summed E-state index contributed by atoms with van der Waals surface area (Å²) in [7, 11) is 3.30. The van der Waals surface area contributed by atoms with Gasteiger partial charge in [0, 0.05) is 6.07 Å². The van der Waals surface area contributed by atoms with Crippen LogP contribution in [0, 0.1) is 0 Å². The molecule has 1 aromatic carbocycles. The van der Waals surface area contributed by atoms with Crippen molar-refractivity contribution < 1.29 is 9.47 Å². The standard InChI is InChI=1S/C12H17NO2/c1-4-5-8-13-11-9-10(14-2)6-7-12(11)15-3/h5-9,13H,4H2,1-3H3. The molecule has 82 valence electrons. The number of rotatable bonds is 5. The van der Waals surface area contributed by atoms with Gasteiger partial charge in [-0.25, -0.2) is 0 Å². The van der Waals surface area contributed by atoms with Crippen LogP contribution in [0.15, 0.2) is 30.5 Å². The molecule has 0 radical (unpaired) electrons. The summed E-state index contributed by atoms with van der Waals surface area (Å²) >= 11 is 0. The Balaban J connectivity index is 2.85. The van der Waals surface area contributed by atoms with E-state index in [9.17, 15) is 0 Å². The molecular weight excluding hydrogens is 190 g/mol. The SMILES string of the molecule is CCC=CNc1cc(OC)ccc1OC. The van der Waals surface area contributed by atoms with Crippen molar-refractivity contribution in [3.63, 3.8) is 0 Å². The Hall–Kier alpha value is -1.64. The molecule has 0 saturated carbocycles. The van der Waals surface area contributed by atoms with Crippen molar-refractivity contribution in [2.45, 2.75) is 13.3 Å². The molecule has 0 bridgehead atoms. The van der Waals surface area contributed by atoms with Crippen LogP contribution < -0.4 is 14.8 Å². The zero-order valence-electron chi connectivity index (χ0n) is 9.41. The first kappa shape index (κ1) is 11.4. The Bertz CT molecular complexity index is 334. The number of benzene rings is 1. The number of anilines is 1. The second kappa shape index (κ2) is 5.96. The lowest BCUT2D eigenvalue weighted by molar-refractivity contribution is 0.405. The van der Waals surface area contributed by atoms with E-state index in [2.05, 4.69) is 12.2 Å². The Labute approximate surface area is 90.7 Å². The molecule has 3 heteroatoms. The van der Waals surface area contributed by atoms with Gasteiger partial charge < -0.3 is 14.8 Å². The minimum Gasteiger partial charge on any atom is -0.497 e. The second-order valence-corrected chi connectivity index (χ2v) is 3.02. The fourth-order valence-corrected chi connectivity index (χ4v) is 1.19. The molecule has 0 amide bonds. The van der Waals surface area contributed by atoms with Crippen molar-refractivity contribution in [1.29, 1.82) is 0 Å². The number of hydrogen-bond donors (Lipinski definition) is 1. The fraction of sp³-hybridized carbons (Fsp3) is 0.333. The van der Waals surface area contributed by atoms with E-state index in [0.29, 0.717) is 0 Å². The molecule has 0 fully saturated rings. The molecule has 1 rings (SSSR count). The third-order valence-corrected chi connectivity index (χ3v) is 2.00. The van der Waals surface area contributed by atoms with Crippen molar-refractivity contribution in [2.75, 3.05) is 19.5 Å². The summed E-state index contributed by atoms with van der Waals surface area (Å²) in [5, 5.41) is 3.15. The predicted octanol–water partition coefficient (Wildman–Crippen LogP) is 3.04. The highest BCUT2D eigenvalue weighted by atomic mass is 16.5. The summed E-state index contributed by atoms with van der Waals surface area (Å²) in [4.78, 5) is 0. The molecule has 0 unspecified atom stereocenters. The molecule has 0 spiro atoms. The zero-order chi connectivity index (χ0) is 11.1. The van der Waals surface area contributed by atoms with Crippen molar-refractivity contribution in [3.8, 4) is 11.5 Å². The molecule has 3 nitrogen and oxygen atoms in total. The van der Waals surface area contributed by atoms with Crippen molar-refractivity contribution in [1.82, 2.24) is 0 Å². The van der Waals surface area contributed by atoms with Gasteiger partial charge in [0.2, 0.25) is 0 Å². The average molecular weight is 207 g/mol. The molecule has 15 heavy (non-hydrogen) atoms. The second-order valence-electron chi connectivity index (χ2n) is 3.02. The third-order valence-electron chi connectivity index (χ3n) is 2.00. The first-order valence-electron chi connectivity index (χ1n) is 4.95. The highest BCUT2D eigenvalue weighted by Crippen LogP contribution is 2.28. The van der Waals surface area contributed by atoms with Crippen LogP contribution in [0.5, 0.6) is 11.5 Å². The number of ether oxygens (including phenoxy) is 2. The van der Waals surface area contributed by atoms with E-state index in [1.807, 2.05) is 30.5 Å². The molecule has 0 atom stereocenters. The summed E-state index contributed by atoms with van der Waals surface area (Å²) in [6.45, 7) is 2.08. The van der Waals surface area contributed by atoms with Gasteiger partial charge in [-0.1, -0.05) is 13.0 Å². The first-order valence-corrected chi connectivity index (χ1v) is 4.95. The minimum atomic E-state index is 0.802. The van der Waals surface area contributed by atoms with Gasteiger partial charge in [0.25, 0.3) is 0 Å². The molecule has 0 saturated heterocycles. The minimum absolute atomic E-state index is 0.802. The molecule has 0 aliphatic carbocycles. The summed E-state index contributed by atoms with van der Waals surface area (Å²) in [6, 6.07) is 5.65. The van der Waals surface area contributed by atoms with Gasteiger partial charge in [0.15, 0.2) is 0 Å². The molecule has 0 aliphatic rings. The lowest BCUT2D eigenvalue weighted by Gasteiger charge is -2.09. The van der Waals surface area contributed by atoms with Crippen LogP contribution in [0.25, 0.3) is 0 Å². The number of hydrogen-bond acceptors (Lipinski definition) is 3. The quantitative estimate of drug-likeness (QED) is 0.805. The fourth-order valence-electron chi connectivity index (χ4n) is 1.19. The maximum atomic E-state index is 5.22. The van der Waals surface area contributed by atoms with E-state index in [1.54, 1.807) is 14.2 Å². The molecule has 0 heterocycles. The van der Waals surface area contributed by atoms with Crippen LogP contribution >= 0.6 is 0 Å². The average Bonchev–Trinajstić information content (AvgIpc) is 2.29. The van der Waals surface area contributed by atoms with Crippen LogP contribution in [0.4, 0.5) is 5.69 Å². The maximum absolute atomic E-state index is 5.22. The van der Waals surface area contributed by atoms with E-state index in [1.165, 1.54) is 0 Å². The number of nitrogens with one attached hydrogen (secondary N) is 1. The largest absolute Gasteiger partial charge is 0.497 e. The third kappa shape index (κ3) is 3.20. The maximum Gasteiger partial charge on any atom is 0.142 e. The van der Waals surface area contributed by atoms with Gasteiger partial charge >= 0.3 is 0 Å². The Morgan fingerprint density at radius 3 is 2.67 bits per heavy atom. The molecule has 1 N–H and O–H groups in total. The molecule has 0 aromatic heterocycles. The molecule has 1 aromatic rings. The van der Waals surface area contributed by atoms with Crippen LogP contribution in [-0.4, -0.2) is 14.2 Å². The van der Waals surface area contributed by atoms with Gasteiger partial charge in [-0.3, -0.25) is 0 Å². The summed E-state index contributed by atoms with van der Waals surface area (Å²) in [5.74, 6) is 1.61. The Morgan fingerprint density at radius 2 is 2.07 bits per heavy atom. The summed E-state index contributed by atoms with van der Waals surface area (Å²) < 4.78 is 10.4. The van der Waals surface area contributed by atoms with E-state index in [4.69, 9.17) is 9.47 Å². The highest BCUT2D eigenvalue weighted by molar-refractivity contribution is 5.61. The van der Waals surface area contributed by atoms with Gasteiger partial charge in [-0.15, -0.1) is 0 Å². The predicted molar refractivity (Wildman–Crippen MR) is 62.6 cm³/mol. The lowest BCUT2D eigenvalue weighted by Crippen LogP contribution is -1.94. The first-order chi connectivity index (χ1) is 7.31. The molecular formula is C12H17NO2. The van der Waals surface area contributed by atoms with Crippen LogP contribution in [0.1, 0.15) is 13.3 Å². The van der Waals surface area contributed by atoms with Gasteiger partial charge in [-0.05, 0) is 24.8 Å². The summed E-state index contributed by atoms with van der Waals surface area (Å²) in [5.41, 5.74) is 0.904. The van der Waals surface area contributed by atoms with Crippen molar-refractivity contribution in [2.24, 2.45) is 0 Å². The van der Waals surface area contributed by atoms with Gasteiger partial charge in [0.1, 0.15) is 11.5 Å². The van der Waals surface area contributed by atoms with Gasteiger partial charge in [-0.2, -0.15) is 0 Å². The Morgan fingerprint density at radius 1 is 1.27 bits per heavy atom. The van der Waals surface area contributed by atoms with E-state index in [-0.39, 0.29) is 0 Å².